The van der Waals surface area contributed by atoms with Crippen LogP contribution in [0.3, 0.4) is 0 Å². The van der Waals surface area contributed by atoms with Gasteiger partial charge in [0.05, 0.1) is 25.8 Å². The Bertz CT molecular complexity index is 317. The van der Waals surface area contributed by atoms with Gasteiger partial charge < -0.3 is 5.11 Å². The van der Waals surface area contributed by atoms with Crippen LogP contribution in [-0.2, 0) is 11.4 Å². The molecule has 1 aliphatic heterocycles. The number of hydroxylamine groups is 2. The minimum absolute atomic E-state index is 0.354. The van der Waals surface area contributed by atoms with E-state index in [9.17, 15) is 5.11 Å². The van der Waals surface area contributed by atoms with Crippen LogP contribution in [0, 0.1) is 6.92 Å². The van der Waals surface area contributed by atoms with Crippen molar-refractivity contribution >= 4 is 0 Å². The fraction of sp³-hybridized carbons (Fsp3) is 0.500. The fourth-order valence-electron chi connectivity index (χ4n) is 1.55. The Morgan fingerprint density at radius 1 is 1.64 bits per heavy atom. The van der Waals surface area contributed by atoms with Crippen molar-refractivity contribution in [3.05, 3.63) is 29.6 Å². The highest BCUT2D eigenvalue weighted by molar-refractivity contribution is 5.16. The zero-order valence-corrected chi connectivity index (χ0v) is 8.18. The molecule has 1 saturated heterocycles. The van der Waals surface area contributed by atoms with E-state index in [1.807, 2.05) is 19.3 Å². The second kappa shape index (κ2) is 4.04. The second-order valence-electron chi connectivity index (χ2n) is 3.64. The Morgan fingerprint density at radius 2 is 2.50 bits per heavy atom. The Kier molecular flexibility index (Phi) is 2.77. The maximum absolute atomic E-state index is 9.25. The van der Waals surface area contributed by atoms with E-state index in [1.54, 1.807) is 5.06 Å². The van der Waals surface area contributed by atoms with Gasteiger partial charge in [0.2, 0.25) is 0 Å². The molecule has 0 saturated carbocycles. The van der Waals surface area contributed by atoms with Crippen LogP contribution in [-0.4, -0.2) is 34.4 Å². The second-order valence-corrected chi connectivity index (χ2v) is 3.64. The third-order valence-corrected chi connectivity index (χ3v) is 2.15. The average molecular weight is 194 g/mol. The van der Waals surface area contributed by atoms with Crippen molar-refractivity contribution < 1.29 is 9.94 Å². The molecule has 4 nitrogen and oxygen atoms in total. The zero-order chi connectivity index (χ0) is 9.97. The molecule has 2 heterocycles. The molecule has 1 N–H and O–H groups in total. The van der Waals surface area contributed by atoms with Crippen LogP contribution in [0.4, 0.5) is 0 Å². The highest BCUT2D eigenvalue weighted by Gasteiger charge is 2.21. The molecular weight excluding hydrogens is 180 g/mol. The summed E-state index contributed by atoms with van der Waals surface area (Å²) in [5.74, 6) is 0. The number of hydrogen-bond acceptors (Lipinski definition) is 4. The molecule has 0 bridgehead atoms. The highest BCUT2D eigenvalue weighted by Crippen LogP contribution is 2.11. The highest BCUT2D eigenvalue weighted by atomic mass is 16.7. The molecule has 1 fully saturated rings. The van der Waals surface area contributed by atoms with Gasteiger partial charge in [0.25, 0.3) is 0 Å². The summed E-state index contributed by atoms with van der Waals surface area (Å²) in [6, 6.07) is 2.07. The monoisotopic (exact) mass is 194 g/mol. The summed E-state index contributed by atoms with van der Waals surface area (Å²) >= 11 is 0. The van der Waals surface area contributed by atoms with Gasteiger partial charge in [-0.2, -0.15) is 5.06 Å². The van der Waals surface area contributed by atoms with Crippen molar-refractivity contribution in [3.8, 4) is 0 Å². The van der Waals surface area contributed by atoms with Gasteiger partial charge in [0, 0.05) is 12.4 Å². The van der Waals surface area contributed by atoms with E-state index < -0.39 is 0 Å². The first-order valence-corrected chi connectivity index (χ1v) is 4.70. The molecule has 1 aliphatic rings. The number of aliphatic hydroxyl groups is 1. The van der Waals surface area contributed by atoms with Gasteiger partial charge in [-0.1, -0.05) is 6.07 Å². The summed E-state index contributed by atoms with van der Waals surface area (Å²) in [5, 5.41) is 11.0. The first-order chi connectivity index (χ1) is 6.74. The molecule has 0 aromatic carbocycles. The van der Waals surface area contributed by atoms with Gasteiger partial charge in [-0.15, -0.1) is 0 Å². The van der Waals surface area contributed by atoms with Crippen molar-refractivity contribution in [2.75, 3.05) is 13.2 Å². The molecule has 14 heavy (non-hydrogen) atoms. The number of aryl methyl sites for hydroxylation is 1. The number of rotatable bonds is 2. The van der Waals surface area contributed by atoms with E-state index >= 15 is 0 Å². The summed E-state index contributed by atoms with van der Waals surface area (Å²) in [5.41, 5.74) is 2.25. The number of aromatic nitrogens is 1. The van der Waals surface area contributed by atoms with Gasteiger partial charge in [-0.3, -0.25) is 9.82 Å². The maximum Gasteiger partial charge on any atom is 0.0958 e. The van der Waals surface area contributed by atoms with Gasteiger partial charge in [0.15, 0.2) is 0 Å². The predicted molar refractivity (Wildman–Crippen MR) is 51.3 cm³/mol. The molecule has 1 atom stereocenters. The Labute approximate surface area is 83.1 Å². The minimum atomic E-state index is -0.354. The minimum Gasteiger partial charge on any atom is -0.389 e. The van der Waals surface area contributed by atoms with Crippen molar-refractivity contribution in [1.29, 1.82) is 0 Å². The normalized spacial score (nSPS) is 22.9. The smallest absolute Gasteiger partial charge is 0.0958 e. The molecule has 1 aromatic rings. The molecule has 0 radical (unpaired) electrons. The van der Waals surface area contributed by atoms with Crippen LogP contribution in [0.25, 0.3) is 0 Å². The molecule has 76 valence electrons. The van der Waals surface area contributed by atoms with E-state index in [1.165, 1.54) is 0 Å². The molecule has 0 aliphatic carbocycles. The van der Waals surface area contributed by atoms with Gasteiger partial charge in [0.1, 0.15) is 0 Å². The molecule has 2 rings (SSSR count). The lowest BCUT2D eigenvalue weighted by molar-refractivity contribution is -0.118. The topological polar surface area (TPSA) is 45.6 Å². The Morgan fingerprint density at radius 3 is 3.14 bits per heavy atom. The van der Waals surface area contributed by atoms with Crippen molar-refractivity contribution in [2.24, 2.45) is 0 Å². The van der Waals surface area contributed by atoms with E-state index in [2.05, 4.69) is 11.1 Å². The SMILES string of the molecule is Cc1cncc(CN2CC(O)CO2)c1. The number of β-amino-alcohol motifs (C(OH)–C–C–N with tert-alkyl or cyclic N) is 1. The Hall–Kier alpha value is -0.970. The van der Waals surface area contributed by atoms with Crippen LogP contribution in [0.2, 0.25) is 0 Å². The van der Waals surface area contributed by atoms with Crippen LogP contribution >= 0.6 is 0 Å². The summed E-state index contributed by atoms with van der Waals surface area (Å²) < 4.78 is 0. The van der Waals surface area contributed by atoms with Crippen LogP contribution in [0.1, 0.15) is 11.1 Å². The molecule has 0 amide bonds. The molecular formula is C10H14N2O2. The largest absolute Gasteiger partial charge is 0.389 e. The summed E-state index contributed by atoms with van der Waals surface area (Å²) in [6.07, 6.45) is 3.29. The lowest BCUT2D eigenvalue weighted by atomic mass is 10.2. The molecule has 1 aromatic heterocycles. The predicted octanol–water partition coefficient (Wildman–Crippen LogP) is 0.498. The molecule has 0 spiro atoms. The van der Waals surface area contributed by atoms with Crippen LogP contribution in [0.15, 0.2) is 18.5 Å². The lowest BCUT2D eigenvalue weighted by Gasteiger charge is -2.13. The average Bonchev–Trinajstić information content (AvgIpc) is 2.51. The number of hydrogen-bond donors (Lipinski definition) is 1. The van der Waals surface area contributed by atoms with E-state index in [0.29, 0.717) is 19.7 Å². The van der Waals surface area contributed by atoms with Crippen molar-refractivity contribution in [1.82, 2.24) is 10.0 Å². The fourth-order valence-corrected chi connectivity index (χ4v) is 1.55. The first-order valence-electron chi connectivity index (χ1n) is 4.70. The van der Waals surface area contributed by atoms with E-state index in [-0.39, 0.29) is 6.10 Å². The summed E-state index contributed by atoms with van der Waals surface area (Å²) in [6.45, 7) is 3.68. The van der Waals surface area contributed by atoms with Crippen molar-refractivity contribution in [2.45, 2.75) is 19.6 Å². The summed E-state index contributed by atoms with van der Waals surface area (Å²) in [4.78, 5) is 9.37. The van der Waals surface area contributed by atoms with Gasteiger partial charge >= 0.3 is 0 Å². The van der Waals surface area contributed by atoms with Gasteiger partial charge in [-0.25, -0.2) is 0 Å². The zero-order valence-electron chi connectivity index (χ0n) is 8.18. The van der Waals surface area contributed by atoms with Crippen molar-refractivity contribution in [3.63, 3.8) is 0 Å². The first kappa shape index (κ1) is 9.58. The summed E-state index contributed by atoms with van der Waals surface area (Å²) in [7, 11) is 0. The van der Waals surface area contributed by atoms with E-state index in [0.717, 1.165) is 11.1 Å². The van der Waals surface area contributed by atoms with E-state index in [4.69, 9.17) is 4.84 Å². The standard InChI is InChI=1S/C10H14N2O2/c1-8-2-9(4-11-3-8)5-12-6-10(13)7-14-12/h2-4,10,13H,5-7H2,1H3. The number of pyridine rings is 1. The Balaban J connectivity index is 1.97. The van der Waals surface area contributed by atoms with Crippen LogP contribution in [0.5, 0.6) is 0 Å². The lowest BCUT2D eigenvalue weighted by Crippen LogP contribution is -2.20. The number of nitrogens with zero attached hydrogens (tertiary/aromatic N) is 2. The van der Waals surface area contributed by atoms with Gasteiger partial charge in [-0.05, 0) is 18.1 Å². The number of aliphatic hydroxyl groups excluding tert-OH is 1. The van der Waals surface area contributed by atoms with Crippen LogP contribution < -0.4 is 0 Å². The third kappa shape index (κ3) is 2.29. The quantitative estimate of drug-likeness (QED) is 0.744. The molecule has 4 heteroatoms. The molecule has 1 unspecified atom stereocenters. The third-order valence-electron chi connectivity index (χ3n) is 2.15. The maximum atomic E-state index is 9.25.